The normalized spacial score (nSPS) is 12.1. The third-order valence-electron chi connectivity index (χ3n) is 3.19. The van der Waals surface area contributed by atoms with E-state index in [0.29, 0.717) is 12.3 Å². The van der Waals surface area contributed by atoms with Gasteiger partial charge in [0, 0.05) is 12.6 Å². The molecule has 1 aromatic carbocycles. The van der Waals surface area contributed by atoms with Crippen molar-refractivity contribution in [3.8, 4) is 5.75 Å². The minimum atomic E-state index is -0.795. The Kier molecular flexibility index (Phi) is 6.68. The van der Waals surface area contributed by atoms with E-state index in [9.17, 15) is 9.59 Å². The number of amides is 1. The SMILES string of the molecule is CCN(Cc1ccc(OCC(N)=O)cc1)C(C)CC(=O)O. The van der Waals surface area contributed by atoms with Crippen molar-refractivity contribution in [3.05, 3.63) is 29.8 Å². The van der Waals surface area contributed by atoms with Crippen molar-refractivity contribution >= 4 is 11.9 Å². The minimum Gasteiger partial charge on any atom is -0.484 e. The number of ether oxygens (including phenoxy) is 1. The fourth-order valence-electron chi connectivity index (χ4n) is 2.04. The number of carbonyl (C=O) groups is 2. The molecule has 0 aliphatic carbocycles. The van der Waals surface area contributed by atoms with Gasteiger partial charge in [0.1, 0.15) is 5.75 Å². The van der Waals surface area contributed by atoms with E-state index in [0.717, 1.165) is 12.1 Å². The molecule has 1 rings (SSSR count). The van der Waals surface area contributed by atoms with Crippen molar-refractivity contribution in [1.29, 1.82) is 0 Å². The third kappa shape index (κ3) is 6.27. The molecule has 6 heteroatoms. The number of hydrogen-bond donors (Lipinski definition) is 2. The first-order chi connectivity index (χ1) is 9.92. The molecule has 0 spiro atoms. The van der Waals surface area contributed by atoms with E-state index in [1.807, 2.05) is 26.0 Å². The standard InChI is InChI=1S/C15H22N2O4/c1-3-17(11(2)8-15(19)20)9-12-4-6-13(7-5-12)21-10-14(16)18/h4-7,11H,3,8-10H2,1-2H3,(H2,16,18)(H,19,20). The first kappa shape index (κ1) is 17.0. The molecule has 1 aromatic rings. The van der Waals surface area contributed by atoms with Gasteiger partial charge in [-0.3, -0.25) is 14.5 Å². The van der Waals surface area contributed by atoms with Crippen LogP contribution in [0.15, 0.2) is 24.3 Å². The number of benzene rings is 1. The summed E-state index contributed by atoms with van der Waals surface area (Å²) >= 11 is 0. The first-order valence-corrected chi connectivity index (χ1v) is 6.88. The molecule has 1 unspecified atom stereocenters. The van der Waals surface area contributed by atoms with Crippen molar-refractivity contribution in [3.63, 3.8) is 0 Å². The molecule has 1 amide bonds. The van der Waals surface area contributed by atoms with Gasteiger partial charge in [-0.2, -0.15) is 0 Å². The molecule has 21 heavy (non-hydrogen) atoms. The van der Waals surface area contributed by atoms with Gasteiger partial charge in [-0.15, -0.1) is 0 Å². The van der Waals surface area contributed by atoms with Crippen molar-refractivity contribution in [2.24, 2.45) is 5.73 Å². The van der Waals surface area contributed by atoms with Crippen LogP contribution in [0.1, 0.15) is 25.8 Å². The smallest absolute Gasteiger partial charge is 0.304 e. The lowest BCUT2D eigenvalue weighted by Crippen LogP contribution is -2.34. The summed E-state index contributed by atoms with van der Waals surface area (Å²) in [6, 6.07) is 7.30. The Morgan fingerprint density at radius 1 is 1.33 bits per heavy atom. The van der Waals surface area contributed by atoms with Crippen molar-refractivity contribution in [2.75, 3.05) is 13.2 Å². The Morgan fingerprint density at radius 3 is 2.43 bits per heavy atom. The molecule has 0 fully saturated rings. The van der Waals surface area contributed by atoms with Crippen molar-refractivity contribution in [2.45, 2.75) is 32.9 Å². The van der Waals surface area contributed by atoms with E-state index >= 15 is 0 Å². The molecule has 3 N–H and O–H groups in total. The average molecular weight is 294 g/mol. The number of nitrogens with zero attached hydrogens (tertiary/aromatic N) is 1. The van der Waals surface area contributed by atoms with Gasteiger partial charge in [0.2, 0.25) is 0 Å². The lowest BCUT2D eigenvalue weighted by molar-refractivity contribution is -0.138. The molecule has 6 nitrogen and oxygen atoms in total. The van der Waals surface area contributed by atoms with Crippen molar-refractivity contribution < 1.29 is 19.4 Å². The van der Waals surface area contributed by atoms with Crippen LogP contribution < -0.4 is 10.5 Å². The van der Waals surface area contributed by atoms with Crippen molar-refractivity contribution in [1.82, 2.24) is 4.90 Å². The Labute approximate surface area is 124 Å². The second-order valence-corrected chi connectivity index (χ2v) is 4.91. The monoisotopic (exact) mass is 294 g/mol. The molecule has 116 valence electrons. The maximum atomic E-state index is 10.8. The molecule has 0 aliphatic heterocycles. The van der Waals surface area contributed by atoms with Gasteiger partial charge in [-0.1, -0.05) is 19.1 Å². The molecule has 1 atom stereocenters. The topological polar surface area (TPSA) is 92.9 Å². The Balaban J connectivity index is 2.60. The highest BCUT2D eigenvalue weighted by atomic mass is 16.5. The van der Waals surface area contributed by atoms with Crippen LogP contribution in [0, 0.1) is 0 Å². The molecule has 0 aromatic heterocycles. The fourth-order valence-corrected chi connectivity index (χ4v) is 2.04. The lowest BCUT2D eigenvalue weighted by Gasteiger charge is -2.26. The van der Waals surface area contributed by atoms with Crippen LogP contribution in [0.2, 0.25) is 0 Å². The van der Waals surface area contributed by atoms with Gasteiger partial charge >= 0.3 is 5.97 Å². The van der Waals surface area contributed by atoms with E-state index in [4.69, 9.17) is 15.6 Å². The summed E-state index contributed by atoms with van der Waals surface area (Å²) in [6.45, 7) is 5.20. The molecule has 0 saturated heterocycles. The maximum Gasteiger partial charge on any atom is 0.304 e. The van der Waals surface area contributed by atoms with E-state index in [1.54, 1.807) is 12.1 Å². The van der Waals surface area contributed by atoms with Crippen LogP contribution in [-0.4, -0.2) is 41.1 Å². The molecular weight excluding hydrogens is 272 g/mol. The largest absolute Gasteiger partial charge is 0.484 e. The first-order valence-electron chi connectivity index (χ1n) is 6.88. The van der Waals surface area contributed by atoms with Crippen LogP contribution in [0.5, 0.6) is 5.75 Å². The summed E-state index contributed by atoms with van der Waals surface area (Å²) in [5, 5.41) is 8.85. The van der Waals surface area contributed by atoms with Gasteiger partial charge in [0.15, 0.2) is 6.61 Å². The van der Waals surface area contributed by atoms with Crippen LogP contribution in [0.4, 0.5) is 0 Å². The summed E-state index contributed by atoms with van der Waals surface area (Å²) in [6.07, 6.45) is 0.119. The average Bonchev–Trinajstić information content (AvgIpc) is 2.42. The van der Waals surface area contributed by atoms with E-state index in [-0.39, 0.29) is 19.1 Å². The number of rotatable bonds is 9. The van der Waals surface area contributed by atoms with Crippen LogP contribution in [0.3, 0.4) is 0 Å². The highest BCUT2D eigenvalue weighted by molar-refractivity contribution is 5.75. The molecule has 0 radical (unpaired) electrons. The van der Waals surface area contributed by atoms with Crippen LogP contribution in [0.25, 0.3) is 0 Å². The number of aliphatic carboxylic acids is 1. The Hall–Kier alpha value is -2.08. The Morgan fingerprint density at radius 2 is 1.95 bits per heavy atom. The predicted molar refractivity (Wildman–Crippen MR) is 78.9 cm³/mol. The van der Waals surface area contributed by atoms with Crippen LogP contribution >= 0.6 is 0 Å². The zero-order chi connectivity index (χ0) is 15.8. The highest BCUT2D eigenvalue weighted by Gasteiger charge is 2.15. The summed E-state index contributed by atoms with van der Waals surface area (Å²) in [5.41, 5.74) is 6.06. The summed E-state index contributed by atoms with van der Waals surface area (Å²) < 4.78 is 5.19. The summed E-state index contributed by atoms with van der Waals surface area (Å²) in [7, 11) is 0. The van der Waals surface area contributed by atoms with Gasteiger partial charge in [-0.05, 0) is 31.2 Å². The quantitative estimate of drug-likeness (QED) is 0.714. The van der Waals surface area contributed by atoms with E-state index < -0.39 is 11.9 Å². The number of hydrogen-bond acceptors (Lipinski definition) is 4. The minimum absolute atomic E-state index is 0.0294. The number of carbonyl (C=O) groups excluding carboxylic acids is 1. The summed E-state index contributed by atoms with van der Waals surface area (Å²) in [5.74, 6) is -0.728. The van der Waals surface area contributed by atoms with E-state index in [2.05, 4.69) is 4.90 Å². The number of carboxylic acids is 1. The zero-order valence-electron chi connectivity index (χ0n) is 12.4. The molecule has 0 bridgehead atoms. The maximum absolute atomic E-state index is 10.8. The van der Waals surface area contributed by atoms with Gasteiger partial charge in [-0.25, -0.2) is 0 Å². The second-order valence-electron chi connectivity index (χ2n) is 4.91. The number of primary amides is 1. The molecule has 0 saturated carbocycles. The fraction of sp³-hybridized carbons (Fsp3) is 0.467. The second kappa shape index (κ2) is 8.26. The molecule has 0 heterocycles. The molecular formula is C15H22N2O4. The number of carboxylic acid groups (broad SMARTS) is 1. The van der Waals surface area contributed by atoms with E-state index in [1.165, 1.54) is 0 Å². The zero-order valence-corrected chi connectivity index (χ0v) is 12.4. The number of nitrogens with two attached hydrogens (primary N) is 1. The highest BCUT2D eigenvalue weighted by Crippen LogP contribution is 2.15. The molecule has 0 aliphatic rings. The van der Waals surface area contributed by atoms with Gasteiger partial charge < -0.3 is 15.6 Å². The lowest BCUT2D eigenvalue weighted by atomic mass is 10.1. The van der Waals surface area contributed by atoms with Crippen LogP contribution in [-0.2, 0) is 16.1 Å². The third-order valence-corrected chi connectivity index (χ3v) is 3.19. The van der Waals surface area contributed by atoms with Gasteiger partial charge in [0.25, 0.3) is 5.91 Å². The van der Waals surface area contributed by atoms with Gasteiger partial charge in [0.05, 0.1) is 6.42 Å². The predicted octanol–water partition coefficient (Wildman–Crippen LogP) is 1.24. The Bertz CT molecular complexity index is 473. The summed E-state index contributed by atoms with van der Waals surface area (Å²) in [4.78, 5) is 23.5.